The molecule has 1 aliphatic heterocycles. The minimum Gasteiger partial charge on any atom is -0.406 e. The molecule has 3 aromatic carbocycles. The van der Waals surface area contributed by atoms with Gasteiger partial charge >= 0.3 is 12.4 Å². The van der Waals surface area contributed by atoms with Crippen LogP contribution in [0.1, 0.15) is 41.8 Å². The van der Waals surface area contributed by atoms with Crippen LogP contribution in [0.4, 0.5) is 28.0 Å². The van der Waals surface area contributed by atoms with Crippen LogP contribution in [0, 0.1) is 20.8 Å². The second-order valence-corrected chi connectivity index (χ2v) is 11.9. The van der Waals surface area contributed by atoms with Crippen LogP contribution in [0.5, 0.6) is 5.75 Å². The van der Waals surface area contributed by atoms with Gasteiger partial charge < -0.3 is 15.0 Å². The SMILES string of the molecule is Cc1cc(C)c(N2/C(=N/C(=O)NCC(F)c3ccc(-c4ncn(-c5ccc(OC(F)(F)F)cc5)n4)cc3)SCCC2C)c(C)c1. The Balaban J connectivity index is 1.21. The zero-order chi connectivity index (χ0) is 32.3. The first kappa shape index (κ1) is 32.0. The molecule has 1 N–H and O–H groups in total. The molecule has 1 aromatic heterocycles. The molecule has 1 aliphatic rings. The highest BCUT2D eigenvalue weighted by Crippen LogP contribution is 2.34. The minimum atomic E-state index is -4.78. The molecule has 0 bridgehead atoms. The standard InChI is InChI=1S/C32H32F4N6O2S/c1-19-15-20(2)28(21(3)16-19)42-22(4)13-14-45-31(42)39-30(43)37-17-27(33)23-5-7-24(8-6-23)29-38-18-41(40-29)25-9-11-26(12-10-25)44-32(34,35)36/h5-12,15-16,18,22,27H,13-14,17H2,1-4H3,(H,37,43)/b39-31-. The van der Waals surface area contributed by atoms with E-state index < -0.39 is 18.6 Å². The van der Waals surface area contributed by atoms with Gasteiger partial charge in [0.2, 0.25) is 0 Å². The molecule has 4 aromatic rings. The number of nitrogens with zero attached hydrogens (tertiary/aromatic N) is 5. The monoisotopic (exact) mass is 640 g/mol. The van der Waals surface area contributed by atoms with Crippen LogP contribution in [0.2, 0.25) is 0 Å². The fourth-order valence-corrected chi connectivity index (χ4v) is 6.44. The zero-order valence-electron chi connectivity index (χ0n) is 25.1. The molecule has 0 saturated carbocycles. The van der Waals surface area contributed by atoms with E-state index in [-0.39, 0.29) is 18.3 Å². The van der Waals surface area contributed by atoms with Crippen LogP contribution in [-0.4, -0.2) is 50.7 Å². The van der Waals surface area contributed by atoms with E-state index in [1.165, 1.54) is 52.6 Å². The number of amidine groups is 1. The Morgan fingerprint density at radius 2 is 1.76 bits per heavy atom. The summed E-state index contributed by atoms with van der Waals surface area (Å²) in [7, 11) is 0. The third kappa shape index (κ3) is 7.83. The number of benzene rings is 3. The van der Waals surface area contributed by atoms with Crippen molar-refractivity contribution >= 4 is 28.6 Å². The van der Waals surface area contributed by atoms with Gasteiger partial charge in [-0.1, -0.05) is 53.7 Å². The summed E-state index contributed by atoms with van der Waals surface area (Å²) in [6.07, 6.45) is -3.88. The summed E-state index contributed by atoms with van der Waals surface area (Å²) >= 11 is 1.51. The van der Waals surface area contributed by atoms with Crippen molar-refractivity contribution in [3.05, 3.63) is 89.2 Å². The van der Waals surface area contributed by atoms with Crippen molar-refractivity contribution in [1.29, 1.82) is 0 Å². The number of aromatic nitrogens is 3. The van der Waals surface area contributed by atoms with Crippen molar-refractivity contribution in [2.24, 2.45) is 4.99 Å². The number of ether oxygens (including phenoxy) is 1. The van der Waals surface area contributed by atoms with Gasteiger partial charge in [0.05, 0.1) is 12.2 Å². The summed E-state index contributed by atoms with van der Waals surface area (Å²) in [5.41, 5.74) is 5.89. The molecular formula is C32H32F4N6O2S. The number of nitrogens with one attached hydrogen (secondary N) is 1. The highest BCUT2D eigenvalue weighted by Gasteiger charge is 2.31. The van der Waals surface area contributed by atoms with Crippen LogP contribution in [0.25, 0.3) is 17.1 Å². The third-order valence-electron chi connectivity index (χ3n) is 7.28. The number of thioether (sulfide) groups is 1. The maximum atomic E-state index is 15.1. The fourth-order valence-electron chi connectivity index (χ4n) is 5.24. The number of halogens is 4. The Morgan fingerprint density at radius 1 is 1.09 bits per heavy atom. The van der Waals surface area contributed by atoms with Gasteiger partial charge in [0, 0.05) is 23.0 Å². The van der Waals surface area contributed by atoms with Gasteiger partial charge in [-0.2, -0.15) is 4.99 Å². The quantitative estimate of drug-likeness (QED) is 0.207. The van der Waals surface area contributed by atoms with Gasteiger partial charge in [0.1, 0.15) is 18.2 Å². The van der Waals surface area contributed by atoms with E-state index in [1.54, 1.807) is 24.3 Å². The van der Waals surface area contributed by atoms with E-state index in [4.69, 9.17) is 0 Å². The number of carbonyl (C=O) groups is 1. The van der Waals surface area contributed by atoms with Gasteiger partial charge in [-0.05, 0) is 75.1 Å². The summed E-state index contributed by atoms with van der Waals surface area (Å²) in [6, 6.07) is 15.5. The van der Waals surface area contributed by atoms with Gasteiger partial charge in [-0.25, -0.2) is 18.9 Å². The van der Waals surface area contributed by atoms with E-state index in [2.05, 4.69) is 69.9 Å². The maximum absolute atomic E-state index is 15.1. The second-order valence-electron chi connectivity index (χ2n) is 10.8. The number of aryl methyl sites for hydroxylation is 3. The fraction of sp³-hybridized carbons (Fsp3) is 0.312. The van der Waals surface area contributed by atoms with E-state index in [9.17, 15) is 18.0 Å². The smallest absolute Gasteiger partial charge is 0.406 e. The van der Waals surface area contributed by atoms with Gasteiger partial charge in [0.25, 0.3) is 0 Å². The zero-order valence-corrected chi connectivity index (χ0v) is 25.9. The second kappa shape index (κ2) is 13.3. The molecule has 0 aliphatic carbocycles. The van der Waals surface area contributed by atoms with E-state index in [0.717, 1.165) is 29.0 Å². The number of hydrogen-bond acceptors (Lipinski definition) is 5. The van der Waals surface area contributed by atoms with Gasteiger partial charge in [0.15, 0.2) is 11.0 Å². The Hall–Kier alpha value is -4.39. The lowest BCUT2D eigenvalue weighted by molar-refractivity contribution is -0.274. The number of amides is 2. The molecule has 2 amide bonds. The lowest BCUT2D eigenvalue weighted by Crippen LogP contribution is -2.43. The van der Waals surface area contributed by atoms with E-state index in [1.807, 2.05) is 0 Å². The van der Waals surface area contributed by atoms with Crippen molar-refractivity contribution in [2.45, 2.75) is 52.7 Å². The Labute approximate surface area is 262 Å². The molecule has 2 unspecified atom stereocenters. The lowest BCUT2D eigenvalue weighted by atomic mass is 10.0. The molecule has 1 saturated heterocycles. The van der Waals surface area contributed by atoms with Crippen LogP contribution in [-0.2, 0) is 0 Å². The number of carbonyl (C=O) groups excluding carboxylic acids is 1. The molecule has 8 nitrogen and oxygen atoms in total. The van der Waals surface area contributed by atoms with Crippen LogP contribution in [0.15, 0.2) is 72.0 Å². The van der Waals surface area contributed by atoms with Crippen molar-refractivity contribution < 1.29 is 27.1 Å². The molecule has 2 heterocycles. The Morgan fingerprint density at radius 3 is 2.40 bits per heavy atom. The highest BCUT2D eigenvalue weighted by atomic mass is 32.2. The van der Waals surface area contributed by atoms with Gasteiger partial charge in [-0.15, -0.1) is 18.3 Å². The van der Waals surface area contributed by atoms with Crippen molar-refractivity contribution in [3.8, 4) is 22.8 Å². The summed E-state index contributed by atoms with van der Waals surface area (Å²) in [4.78, 5) is 23.5. The first-order chi connectivity index (χ1) is 21.4. The first-order valence-electron chi connectivity index (χ1n) is 14.3. The number of urea groups is 1. The first-order valence-corrected chi connectivity index (χ1v) is 15.2. The third-order valence-corrected chi connectivity index (χ3v) is 8.26. The van der Waals surface area contributed by atoms with E-state index in [0.29, 0.717) is 27.8 Å². The predicted octanol–water partition coefficient (Wildman–Crippen LogP) is 7.87. The molecule has 0 spiro atoms. The molecule has 0 radical (unpaired) electrons. The summed E-state index contributed by atoms with van der Waals surface area (Å²) < 4.78 is 57.6. The van der Waals surface area contributed by atoms with Crippen LogP contribution in [0.3, 0.4) is 0 Å². The van der Waals surface area contributed by atoms with Crippen molar-refractivity contribution in [1.82, 2.24) is 20.1 Å². The van der Waals surface area contributed by atoms with E-state index >= 15 is 4.39 Å². The largest absolute Gasteiger partial charge is 0.573 e. The molecule has 236 valence electrons. The predicted molar refractivity (Wildman–Crippen MR) is 168 cm³/mol. The van der Waals surface area contributed by atoms with Crippen molar-refractivity contribution in [3.63, 3.8) is 0 Å². The Kier molecular flexibility index (Phi) is 9.47. The van der Waals surface area contributed by atoms with Crippen LogP contribution >= 0.6 is 11.8 Å². The topological polar surface area (TPSA) is 84.6 Å². The number of alkyl halides is 4. The normalized spacial score (nSPS) is 16.9. The average Bonchev–Trinajstić information content (AvgIpc) is 3.47. The number of rotatable bonds is 7. The maximum Gasteiger partial charge on any atom is 0.573 e. The van der Waals surface area contributed by atoms with Crippen molar-refractivity contribution in [2.75, 3.05) is 17.2 Å². The molecule has 2 atom stereocenters. The number of hydrogen-bond donors (Lipinski definition) is 1. The summed E-state index contributed by atoms with van der Waals surface area (Å²) in [5, 5.41) is 7.56. The molecule has 1 fully saturated rings. The molecular weight excluding hydrogens is 608 g/mol. The average molecular weight is 641 g/mol. The molecule has 13 heteroatoms. The summed E-state index contributed by atoms with van der Waals surface area (Å²) in [5.74, 6) is 0.838. The highest BCUT2D eigenvalue weighted by molar-refractivity contribution is 8.14. The molecule has 5 rings (SSSR count). The summed E-state index contributed by atoms with van der Waals surface area (Å²) in [6.45, 7) is 8.02. The van der Waals surface area contributed by atoms with Gasteiger partial charge in [-0.3, -0.25) is 0 Å². The number of anilines is 1. The van der Waals surface area contributed by atoms with Crippen LogP contribution < -0.4 is 15.0 Å². The molecule has 45 heavy (non-hydrogen) atoms. The Bertz CT molecular complexity index is 1670. The number of aliphatic imine (C=N–C) groups is 1. The minimum absolute atomic E-state index is 0.157. The lowest BCUT2D eigenvalue weighted by Gasteiger charge is -2.37.